The van der Waals surface area contributed by atoms with Crippen molar-refractivity contribution in [3.8, 4) is 11.8 Å². The maximum atomic E-state index is 13.3. The molecule has 204 valence electrons. The molecule has 0 saturated carbocycles. The maximum absolute atomic E-state index is 13.3. The zero-order chi connectivity index (χ0) is 28.1. The molecule has 0 atom stereocenters. The average molecular weight is 570 g/mol. The largest absolute Gasteiger partial charge is 0.495 e. The smallest absolute Gasteiger partial charge is 0.417 e. The van der Waals surface area contributed by atoms with Gasteiger partial charge in [0.15, 0.2) is 0 Å². The Labute approximate surface area is 222 Å². The molecular formula is C24H26F3N5O4S2. The van der Waals surface area contributed by atoms with E-state index < -0.39 is 32.3 Å². The Morgan fingerprint density at radius 2 is 1.79 bits per heavy atom. The van der Waals surface area contributed by atoms with Gasteiger partial charge in [0.2, 0.25) is 5.13 Å². The molecule has 0 spiro atoms. The number of fused-ring (bicyclic) bond motifs is 1. The number of aromatic nitrogens is 1. The summed E-state index contributed by atoms with van der Waals surface area (Å²) < 4.78 is 80.0. The lowest BCUT2D eigenvalue weighted by molar-refractivity contribution is -0.137. The van der Waals surface area contributed by atoms with Gasteiger partial charge in [-0.25, -0.2) is 4.98 Å². The molecule has 0 unspecified atom stereocenters. The van der Waals surface area contributed by atoms with Gasteiger partial charge in [0.05, 0.1) is 40.2 Å². The Balaban J connectivity index is 2.09. The Morgan fingerprint density at radius 1 is 1.13 bits per heavy atom. The summed E-state index contributed by atoms with van der Waals surface area (Å²) in [5.41, 5.74) is -1.47. The van der Waals surface area contributed by atoms with Crippen LogP contribution in [0.25, 0.3) is 10.2 Å². The predicted octanol–water partition coefficient (Wildman–Crippen LogP) is 7.26. The van der Waals surface area contributed by atoms with Gasteiger partial charge < -0.3 is 9.64 Å². The van der Waals surface area contributed by atoms with Gasteiger partial charge in [-0.3, -0.25) is 4.55 Å². The molecule has 1 heterocycles. The van der Waals surface area contributed by atoms with Crippen molar-refractivity contribution in [1.82, 2.24) is 4.98 Å². The van der Waals surface area contributed by atoms with Gasteiger partial charge in [-0.05, 0) is 31.0 Å². The normalized spacial score (nSPS) is 12.3. The molecule has 0 radical (unpaired) electrons. The number of nitrogens with zero attached hydrogens (tertiary/aromatic N) is 5. The fraction of sp³-hybridized carbons (Fsp3) is 0.417. The van der Waals surface area contributed by atoms with Gasteiger partial charge in [-0.1, -0.05) is 38.0 Å². The molecule has 0 saturated heterocycles. The highest BCUT2D eigenvalue weighted by molar-refractivity contribution is 7.86. The Morgan fingerprint density at radius 3 is 2.32 bits per heavy atom. The van der Waals surface area contributed by atoms with Crippen LogP contribution in [-0.2, 0) is 16.3 Å². The topological polar surface area (TPSA) is 128 Å². The number of halogens is 3. The third-order valence-electron chi connectivity index (χ3n) is 5.63. The molecule has 0 amide bonds. The van der Waals surface area contributed by atoms with Crippen molar-refractivity contribution in [2.24, 2.45) is 10.2 Å². The zero-order valence-electron chi connectivity index (χ0n) is 20.9. The van der Waals surface area contributed by atoms with Crippen LogP contribution >= 0.6 is 11.3 Å². The summed E-state index contributed by atoms with van der Waals surface area (Å²) in [6.07, 6.45) is -1.18. The van der Waals surface area contributed by atoms with Crippen molar-refractivity contribution >= 4 is 48.2 Å². The van der Waals surface area contributed by atoms with Crippen molar-refractivity contribution in [2.75, 3.05) is 25.1 Å². The van der Waals surface area contributed by atoms with Crippen LogP contribution in [0.1, 0.15) is 50.7 Å². The molecule has 1 aromatic heterocycles. The van der Waals surface area contributed by atoms with E-state index in [1.165, 1.54) is 25.3 Å². The molecule has 1 N–H and O–H groups in total. The number of hydrogen-bond acceptors (Lipinski definition) is 9. The first kappa shape index (κ1) is 29.3. The summed E-state index contributed by atoms with van der Waals surface area (Å²) in [5, 5.41) is 16.9. The molecule has 3 rings (SSSR count). The van der Waals surface area contributed by atoms with E-state index in [-0.39, 0.29) is 21.0 Å². The molecule has 3 aromatic rings. The molecule has 0 aliphatic rings. The van der Waals surface area contributed by atoms with Crippen LogP contribution in [0.15, 0.2) is 39.4 Å². The second kappa shape index (κ2) is 12.1. The number of anilines is 1. The lowest BCUT2D eigenvalue weighted by atomic mass is 10.1. The summed E-state index contributed by atoms with van der Waals surface area (Å²) in [4.78, 5) is 5.51. The number of ether oxygens (including phenoxy) is 1. The van der Waals surface area contributed by atoms with Crippen LogP contribution in [0.2, 0.25) is 0 Å². The van der Waals surface area contributed by atoms with Gasteiger partial charge >= 0.3 is 6.18 Å². The molecule has 0 aliphatic heterocycles. The summed E-state index contributed by atoms with van der Waals surface area (Å²) >= 11 is 0.873. The number of benzene rings is 2. The first-order valence-corrected chi connectivity index (χ1v) is 14.0. The van der Waals surface area contributed by atoms with Crippen molar-refractivity contribution in [3.05, 3.63) is 35.4 Å². The van der Waals surface area contributed by atoms with Crippen LogP contribution < -0.4 is 9.64 Å². The van der Waals surface area contributed by atoms with E-state index >= 15 is 0 Å². The first-order valence-electron chi connectivity index (χ1n) is 11.7. The number of alkyl halides is 3. The number of nitriles is 1. The lowest BCUT2D eigenvalue weighted by Crippen LogP contribution is -2.26. The summed E-state index contributed by atoms with van der Waals surface area (Å²) in [6, 6.07) is 5.96. The predicted molar refractivity (Wildman–Crippen MR) is 138 cm³/mol. The van der Waals surface area contributed by atoms with E-state index in [0.717, 1.165) is 49.2 Å². The van der Waals surface area contributed by atoms with E-state index in [9.17, 15) is 26.1 Å². The second-order valence-corrected chi connectivity index (χ2v) is 10.7. The second-order valence-electron chi connectivity index (χ2n) is 8.33. The summed E-state index contributed by atoms with van der Waals surface area (Å²) in [7, 11) is -3.31. The van der Waals surface area contributed by atoms with E-state index in [0.29, 0.717) is 24.5 Å². The number of azo groups is 1. The molecule has 14 heteroatoms. The van der Waals surface area contributed by atoms with E-state index in [2.05, 4.69) is 15.2 Å². The highest BCUT2D eigenvalue weighted by Gasteiger charge is 2.34. The fourth-order valence-electron chi connectivity index (χ4n) is 3.71. The van der Waals surface area contributed by atoms with Crippen LogP contribution in [0.5, 0.6) is 5.75 Å². The van der Waals surface area contributed by atoms with Gasteiger partial charge in [0.1, 0.15) is 16.3 Å². The van der Waals surface area contributed by atoms with Crippen LogP contribution in [0.3, 0.4) is 0 Å². The van der Waals surface area contributed by atoms with Crippen LogP contribution in [0, 0.1) is 11.3 Å². The van der Waals surface area contributed by atoms with Crippen molar-refractivity contribution in [2.45, 2.75) is 50.6 Å². The van der Waals surface area contributed by atoms with Gasteiger partial charge in [-0.2, -0.15) is 26.9 Å². The van der Waals surface area contributed by atoms with Gasteiger partial charge in [0, 0.05) is 19.2 Å². The van der Waals surface area contributed by atoms with Crippen LogP contribution in [0.4, 0.5) is 29.7 Å². The molecule has 0 aliphatic carbocycles. The Bertz CT molecular complexity index is 1470. The summed E-state index contributed by atoms with van der Waals surface area (Å²) in [6.45, 7) is 5.37. The minimum Gasteiger partial charge on any atom is -0.495 e. The molecule has 0 bridgehead atoms. The minimum atomic E-state index is -4.74. The van der Waals surface area contributed by atoms with Crippen molar-refractivity contribution < 1.29 is 30.9 Å². The van der Waals surface area contributed by atoms with E-state index in [4.69, 9.17) is 10.00 Å². The van der Waals surface area contributed by atoms with Crippen LogP contribution in [-0.4, -0.2) is 38.2 Å². The number of rotatable bonds is 11. The Hall–Kier alpha value is -3.28. The quantitative estimate of drug-likeness (QED) is 0.190. The third-order valence-corrected chi connectivity index (χ3v) is 7.41. The lowest BCUT2D eigenvalue weighted by Gasteiger charge is -2.27. The average Bonchev–Trinajstić information content (AvgIpc) is 3.27. The number of methoxy groups -OCH3 is 1. The van der Waals surface area contributed by atoms with E-state index in [1.807, 2.05) is 18.7 Å². The maximum Gasteiger partial charge on any atom is 0.417 e. The molecule has 9 nitrogen and oxygen atoms in total. The molecule has 38 heavy (non-hydrogen) atoms. The molecular weight excluding hydrogens is 543 g/mol. The standard InChI is InChI=1S/C24H26F3N5O4S2/c1-4-6-8-32(9-7-5-2)19-13-22(38(33,34)35)18(12-20(19)36-3)30-31-23-29-17-11-16(24(25,26)27)15(14-28)10-21(17)37-23/h10-13H,4-9H2,1-3H3,(H,33,34,35)/b31-30+. The number of thiazole rings is 1. The zero-order valence-corrected chi connectivity index (χ0v) is 22.5. The van der Waals surface area contributed by atoms with Gasteiger partial charge in [-0.15, -0.1) is 10.2 Å². The highest BCUT2D eigenvalue weighted by atomic mass is 32.2. The minimum absolute atomic E-state index is 0.0410. The van der Waals surface area contributed by atoms with Crippen molar-refractivity contribution in [3.63, 3.8) is 0 Å². The first-order chi connectivity index (χ1) is 17.9. The van der Waals surface area contributed by atoms with E-state index in [1.54, 1.807) is 0 Å². The Kier molecular flexibility index (Phi) is 9.29. The third kappa shape index (κ3) is 6.77. The van der Waals surface area contributed by atoms with Gasteiger partial charge in [0.25, 0.3) is 10.1 Å². The van der Waals surface area contributed by atoms with Crippen molar-refractivity contribution in [1.29, 1.82) is 5.26 Å². The number of unbranched alkanes of at least 4 members (excludes halogenated alkanes) is 2. The highest BCUT2D eigenvalue weighted by Crippen LogP contribution is 2.40. The monoisotopic (exact) mass is 569 g/mol. The molecule has 0 fully saturated rings. The number of hydrogen-bond donors (Lipinski definition) is 1. The fourth-order valence-corrected chi connectivity index (χ4v) is 5.15. The SMILES string of the molecule is CCCCN(CCCC)c1cc(S(=O)(=O)O)c(/N=N/c2nc3cc(C(F)(F)F)c(C#N)cc3s2)cc1OC. The summed E-state index contributed by atoms with van der Waals surface area (Å²) in [5.74, 6) is 0.316. The molecule has 2 aromatic carbocycles.